The zero-order chi connectivity index (χ0) is 14.4. The molecule has 0 aliphatic heterocycles. The van der Waals surface area contributed by atoms with Crippen LogP contribution in [0.3, 0.4) is 0 Å². The summed E-state index contributed by atoms with van der Waals surface area (Å²) in [5.41, 5.74) is 6.14. The molecule has 106 valence electrons. The van der Waals surface area contributed by atoms with Crippen molar-refractivity contribution in [1.29, 1.82) is 0 Å². The monoisotopic (exact) mass is 284 g/mol. The SMILES string of the molecule is CC(C)CNC(=O)CN(C)C(=O)Cc1csc(N)n1. The van der Waals surface area contributed by atoms with Crippen molar-refractivity contribution in [3.63, 3.8) is 0 Å². The summed E-state index contributed by atoms with van der Waals surface area (Å²) in [6.45, 7) is 4.71. The van der Waals surface area contributed by atoms with Crippen LogP contribution in [0.15, 0.2) is 5.38 Å². The second kappa shape index (κ2) is 7.08. The lowest BCUT2D eigenvalue weighted by Gasteiger charge is -2.16. The molecule has 0 radical (unpaired) electrons. The number of carbonyl (C=O) groups is 2. The summed E-state index contributed by atoms with van der Waals surface area (Å²) in [4.78, 5) is 28.9. The van der Waals surface area contributed by atoms with Crippen LogP contribution in [0.25, 0.3) is 0 Å². The molecule has 0 aromatic carbocycles. The molecule has 0 spiro atoms. The second-order valence-electron chi connectivity index (χ2n) is 4.80. The Balaban J connectivity index is 2.38. The molecule has 0 aliphatic rings. The van der Waals surface area contributed by atoms with E-state index >= 15 is 0 Å². The van der Waals surface area contributed by atoms with E-state index < -0.39 is 0 Å². The van der Waals surface area contributed by atoms with Crippen molar-refractivity contribution >= 4 is 28.3 Å². The quantitative estimate of drug-likeness (QED) is 0.796. The van der Waals surface area contributed by atoms with E-state index in [1.165, 1.54) is 16.2 Å². The number of rotatable bonds is 6. The van der Waals surface area contributed by atoms with Gasteiger partial charge in [0, 0.05) is 19.0 Å². The average molecular weight is 284 g/mol. The van der Waals surface area contributed by atoms with Crippen LogP contribution < -0.4 is 11.1 Å². The van der Waals surface area contributed by atoms with E-state index in [9.17, 15) is 9.59 Å². The van der Waals surface area contributed by atoms with Gasteiger partial charge in [0.05, 0.1) is 18.7 Å². The summed E-state index contributed by atoms with van der Waals surface area (Å²) >= 11 is 1.30. The molecule has 7 heteroatoms. The maximum absolute atomic E-state index is 11.9. The summed E-state index contributed by atoms with van der Waals surface area (Å²) in [7, 11) is 1.60. The van der Waals surface area contributed by atoms with Crippen molar-refractivity contribution in [2.24, 2.45) is 5.92 Å². The number of nitrogens with two attached hydrogens (primary N) is 1. The predicted octanol–water partition coefficient (Wildman–Crippen LogP) is 0.498. The Labute approximate surface area is 117 Å². The molecule has 2 amide bonds. The van der Waals surface area contributed by atoms with Gasteiger partial charge in [-0.1, -0.05) is 13.8 Å². The molecular formula is C12H20N4O2S. The fraction of sp³-hybridized carbons (Fsp3) is 0.583. The molecule has 0 atom stereocenters. The third-order valence-electron chi connectivity index (χ3n) is 2.42. The van der Waals surface area contributed by atoms with Crippen molar-refractivity contribution in [2.45, 2.75) is 20.3 Å². The number of hydrogen-bond donors (Lipinski definition) is 2. The normalized spacial score (nSPS) is 10.5. The van der Waals surface area contributed by atoms with E-state index in [0.717, 1.165) is 0 Å². The summed E-state index contributed by atoms with van der Waals surface area (Å²) in [5.74, 6) is 0.0928. The Morgan fingerprint density at radius 2 is 2.21 bits per heavy atom. The van der Waals surface area contributed by atoms with Gasteiger partial charge >= 0.3 is 0 Å². The third-order valence-corrected chi connectivity index (χ3v) is 3.14. The van der Waals surface area contributed by atoms with Crippen LogP contribution in [0.2, 0.25) is 0 Å². The lowest BCUT2D eigenvalue weighted by Crippen LogP contribution is -2.40. The smallest absolute Gasteiger partial charge is 0.239 e. The van der Waals surface area contributed by atoms with Crippen LogP contribution in [0.4, 0.5) is 5.13 Å². The topological polar surface area (TPSA) is 88.3 Å². The van der Waals surface area contributed by atoms with Crippen LogP contribution in [-0.4, -0.2) is 41.8 Å². The second-order valence-corrected chi connectivity index (χ2v) is 5.69. The number of nitrogen functional groups attached to an aromatic ring is 1. The molecule has 19 heavy (non-hydrogen) atoms. The van der Waals surface area contributed by atoms with Crippen molar-refractivity contribution in [1.82, 2.24) is 15.2 Å². The maximum atomic E-state index is 11.9. The summed E-state index contributed by atoms with van der Waals surface area (Å²) < 4.78 is 0. The Kier molecular flexibility index (Phi) is 5.75. The first-order valence-electron chi connectivity index (χ1n) is 6.09. The van der Waals surface area contributed by atoms with Crippen LogP contribution in [0.5, 0.6) is 0 Å². The predicted molar refractivity (Wildman–Crippen MR) is 75.7 cm³/mol. The number of likely N-dealkylation sites (N-methyl/N-ethyl adjacent to an activating group) is 1. The highest BCUT2D eigenvalue weighted by molar-refractivity contribution is 7.13. The van der Waals surface area contributed by atoms with Crippen molar-refractivity contribution in [3.8, 4) is 0 Å². The largest absolute Gasteiger partial charge is 0.375 e. The number of carbonyl (C=O) groups excluding carboxylic acids is 2. The fourth-order valence-electron chi connectivity index (χ4n) is 1.37. The molecule has 6 nitrogen and oxygen atoms in total. The van der Waals surface area contributed by atoms with Crippen LogP contribution >= 0.6 is 11.3 Å². The van der Waals surface area contributed by atoms with Gasteiger partial charge in [-0.15, -0.1) is 11.3 Å². The standard InChI is InChI=1S/C12H20N4O2S/c1-8(2)5-14-10(17)6-16(3)11(18)4-9-7-19-12(13)15-9/h7-8H,4-6H2,1-3H3,(H2,13,15)(H,14,17). The Morgan fingerprint density at radius 3 is 2.74 bits per heavy atom. The molecule has 0 saturated heterocycles. The zero-order valence-corrected chi connectivity index (χ0v) is 12.3. The highest BCUT2D eigenvalue weighted by Crippen LogP contribution is 2.11. The van der Waals surface area contributed by atoms with E-state index in [4.69, 9.17) is 5.73 Å². The Bertz CT molecular complexity index is 445. The average Bonchev–Trinajstić information content (AvgIpc) is 2.72. The van der Waals surface area contributed by atoms with Gasteiger partial charge in [0.15, 0.2) is 5.13 Å². The lowest BCUT2D eigenvalue weighted by molar-refractivity contribution is -0.134. The molecule has 0 bridgehead atoms. The van der Waals surface area contributed by atoms with E-state index in [-0.39, 0.29) is 24.8 Å². The van der Waals surface area contributed by atoms with Gasteiger partial charge < -0.3 is 16.0 Å². The van der Waals surface area contributed by atoms with Crippen LogP contribution in [0.1, 0.15) is 19.5 Å². The van der Waals surface area contributed by atoms with Crippen molar-refractivity contribution in [3.05, 3.63) is 11.1 Å². The lowest BCUT2D eigenvalue weighted by atomic mass is 10.2. The summed E-state index contributed by atoms with van der Waals surface area (Å²) in [6.07, 6.45) is 0.168. The van der Waals surface area contributed by atoms with Gasteiger partial charge in [0.1, 0.15) is 0 Å². The molecule has 0 aliphatic carbocycles. The highest BCUT2D eigenvalue weighted by atomic mass is 32.1. The summed E-state index contributed by atoms with van der Waals surface area (Å²) in [5, 5.41) is 4.96. The van der Waals surface area contributed by atoms with Crippen molar-refractivity contribution in [2.75, 3.05) is 25.9 Å². The number of nitrogens with zero attached hydrogens (tertiary/aromatic N) is 2. The summed E-state index contributed by atoms with van der Waals surface area (Å²) in [6, 6.07) is 0. The first-order chi connectivity index (χ1) is 8.88. The highest BCUT2D eigenvalue weighted by Gasteiger charge is 2.14. The van der Waals surface area contributed by atoms with E-state index in [0.29, 0.717) is 23.3 Å². The van der Waals surface area contributed by atoms with E-state index in [1.54, 1.807) is 12.4 Å². The van der Waals surface area contributed by atoms with Crippen LogP contribution in [-0.2, 0) is 16.0 Å². The molecule has 1 rings (SSSR count). The number of hydrogen-bond acceptors (Lipinski definition) is 5. The molecule has 0 saturated carbocycles. The molecule has 1 aromatic rings. The minimum Gasteiger partial charge on any atom is -0.375 e. The third kappa shape index (κ3) is 5.69. The van der Waals surface area contributed by atoms with Crippen molar-refractivity contribution < 1.29 is 9.59 Å². The van der Waals surface area contributed by atoms with E-state index in [1.807, 2.05) is 13.8 Å². The number of anilines is 1. The molecule has 1 heterocycles. The number of thiazole rings is 1. The number of amides is 2. The van der Waals surface area contributed by atoms with Gasteiger partial charge in [-0.3, -0.25) is 9.59 Å². The Hall–Kier alpha value is -1.63. The maximum Gasteiger partial charge on any atom is 0.239 e. The minimum absolute atomic E-state index is 0.0607. The van der Waals surface area contributed by atoms with Gasteiger partial charge in [-0.2, -0.15) is 0 Å². The molecular weight excluding hydrogens is 264 g/mol. The first kappa shape index (κ1) is 15.4. The first-order valence-corrected chi connectivity index (χ1v) is 6.97. The minimum atomic E-state index is -0.151. The molecule has 0 unspecified atom stereocenters. The fourth-order valence-corrected chi connectivity index (χ4v) is 1.93. The number of aromatic nitrogens is 1. The van der Waals surface area contributed by atoms with E-state index in [2.05, 4.69) is 10.3 Å². The van der Waals surface area contributed by atoms with Gasteiger partial charge in [0.25, 0.3) is 0 Å². The van der Waals surface area contributed by atoms with Gasteiger partial charge in [0.2, 0.25) is 11.8 Å². The Morgan fingerprint density at radius 1 is 1.53 bits per heavy atom. The van der Waals surface area contributed by atoms with Gasteiger partial charge in [-0.05, 0) is 5.92 Å². The van der Waals surface area contributed by atoms with Gasteiger partial charge in [-0.25, -0.2) is 4.98 Å². The van der Waals surface area contributed by atoms with Crippen LogP contribution in [0, 0.1) is 5.92 Å². The molecule has 3 N–H and O–H groups in total. The zero-order valence-electron chi connectivity index (χ0n) is 11.5. The molecule has 0 fully saturated rings. The number of nitrogens with one attached hydrogen (secondary N) is 1. The molecule has 1 aromatic heterocycles.